The summed E-state index contributed by atoms with van der Waals surface area (Å²) in [5, 5.41) is 2.82. The normalized spacial score (nSPS) is 10.0. The average molecular weight is 326 g/mol. The number of carbonyl (C=O) groups is 2. The van der Waals surface area contributed by atoms with Gasteiger partial charge in [-0.3, -0.25) is 9.59 Å². The van der Waals surface area contributed by atoms with Gasteiger partial charge in [0.25, 0.3) is 0 Å². The first-order chi connectivity index (χ1) is 7.16. The maximum absolute atomic E-state index is 11.2. The molecule has 0 atom stereocenters. The zero-order valence-electron chi connectivity index (χ0n) is 8.93. The molecule has 3 N–H and O–H groups in total. The van der Waals surface area contributed by atoms with Crippen molar-refractivity contribution in [1.29, 1.82) is 0 Å². The highest BCUT2D eigenvalue weighted by atomic mass is 127. The van der Waals surface area contributed by atoms with E-state index in [1.165, 1.54) is 0 Å². The summed E-state index contributed by atoms with van der Waals surface area (Å²) in [6.07, 6.45) is 4.64. The maximum atomic E-state index is 11.2. The second-order valence-electron chi connectivity index (χ2n) is 3.41. The van der Waals surface area contributed by atoms with Crippen LogP contribution in [0.1, 0.15) is 38.5 Å². The number of nitrogens with two attached hydrogens (primary N) is 1. The fraction of sp³-hybridized carbons (Fsp3) is 0.800. The Morgan fingerprint density at radius 2 is 1.73 bits per heavy atom. The van der Waals surface area contributed by atoms with E-state index in [2.05, 4.69) is 5.32 Å². The molecule has 0 fully saturated rings. The van der Waals surface area contributed by atoms with Crippen LogP contribution < -0.4 is 11.1 Å². The Hall–Kier alpha value is -0.170. The Bertz CT molecular complexity index is 198. The van der Waals surface area contributed by atoms with Gasteiger partial charge >= 0.3 is 0 Å². The topological polar surface area (TPSA) is 72.2 Å². The lowest BCUT2D eigenvalue weighted by Gasteiger charge is -2.03. The summed E-state index contributed by atoms with van der Waals surface area (Å²) < 4.78 is 0.182. The number of nitrogens with one attached hydrogen (secondary N) is 1. The van der Waals surface area contributed by atoms with E-state index in [9.17, 15) is 9.59 Å². The molecule has 0 heterocycles. The van der Waals surface area contributed by atoms with Gasteiger partial charge in [0.15, 0.2) is 3.79 Å². The number of carbonyl (C=O) groups excluding carboxylic acids is 2. The summed E-state index contributed by atoms with van der Waals surface area (Å²) in [4.78, 5) is 21.8. The Morgan fingerprint density at radius 1 is 1.07 bits per heavy atom. The summed E-state index contributed by atoms with van der Waals surface area (Å²) >= 11 is 1.79. The number of hydrogen-bond donors (Lipinski definition) is 2. The first-order valence-corrected chi connectivity index (χ1v) is 6.39. The molecule has 0 aliphatic carbocycles. The lowest BCUT2D eigenvalue weighted by Crippen LogP contribution is -2.24. The molecule has 0 aliphatic rings. The van der Waals surface area contributed by atoms with E-state index >= 15 is 0 Å². The molecule has 0 unspecified atom stereocenters. The van der Waals surface area contributed by atoms with E-state index in [1.54, 1.807) is 22.6 Å². The Kier molecular flexibility index (Phi) is 10.2. The molecule has 88 valence electrons. The minimum Gasteiger partial charge on any atom is -0.356 e. The van der Waals surface area contributed by atoms with Crippen LogP contribution in [0.5, 0.6) is 0 Å². The highest BCUT2D eigenvalue weighted by Gasteiger charge is 2.00. The van der Waals surface area contributed by atoms with Crippen molar-refractivity contribution in [1.82, 2.24) is 5.32 Å². The minimum atomic E-state index is 0.0873. The molecular formula is C10H19IN2O2. The van der Waals surface area contributed by atoms with Gasteiger partial charge in [-0.1, -0.05) is 0 Å². The summed E-state index contributed by atoms with van der Waals surface area (Å²) in [6, 6.07) is 0. The quantitative estimate of drug-likeness (QED) is 0.382. The number of halogens is 1. The lowest BCUT2D eigenvalue weighted by molar-refractivity contribution is -0.121. The molecule has 0 bridgehead atoms. The molecular weight excluding hydrogens is 307 g/mol. The van der Waals surface area contributed by atoms with E-state index in [4.69, 9.17) is 5.73 Å². The molecule has 15 heavy (non-hydrogen) atoms. The lowest BCUT2D eigenvalue weighted by atomic mass is 10.2. The van der Waals surface area contributed by atoms with Crippen molar-refractivity contribution < 1.29 is 9.59 Å². The number of hydrogen-bond acceptors (Lipinski definition) is 3. The molecule has 0 aromatic carbocycles. The first kappa shape index (κ1) is 14.8. The fourth-order valence-electron chi connectivity index (χ4n) is 1.14. The van der Waals surface area contributed by atoms with Gasteiger partial charge in [0, 0.05) is 19.4 Å². The van der Waals surface area contributed by atoms with Crippen molar-refractivity contribution in [3.05, 3.63) is 0 Å². The van der Waals surface area contributed by atoms with Crippen LogP contribution >= 0.6 is 22.6 Å². The molecule has 0 aromatic rings. The zero-order chi connectivity index (χ0) is 11.5. The first-order valence-electron chi connectivity index (χ1n) is 5.32. The molecule has 0 radical (unpaired) electrons. The van der Waals surface area contributed by atoms with Gasteiger partial charge in [-0.2, -0.15) is 0 Å². The van der Waals surface area contributed by atoms with E-state index in [0.29, 0.717) is 25.9 Å². The highest BCUT2D eigenvalue weighted by molar-refractivity contribution is 14.1. The van der Waals surface area contributed by atoms with Crippen LogP contribution in [-0.2, 0) is 9.59 Å². The largest absolute Gasteiger partial charge is 0.356 e. The number of amides is 1. The van der Waals surface area contributed by atoms with Crippen molar-refractivity contribution in [3.8, 4) is 0 Å². The summed E-state index contributed by atoms with van der Waals surface area (Å²) in [6.45, 7) is 1.32. The van der Waals surface area contributed by atoms with Crippen LogP contribution in [0.25, 0.3) is 0 Å². The standard InChI is InChI=1S/C10H19IN2O2/c11-9(14)5-2-4-8-13-10(15)6-1-3-7-12/h1-8,12H2,(H,13,15). The summed E-state index contributed by atoms with van der Waals surface area (Å²) in [5.41, 5.74) is 5.32. The molecule has 0 spiro atoms. The second-order valence-corrected chi connectivity index (χ2v) is 4.61. The zero-order valence-corrected chi connectivity index (χ0v) is 11.1. The van der Waals surface area contributed by atoms with Gasteiger partial charge < -0.3 is 11.1 Å². The van der Waals surface area contributed by atoms with Crippen molar-refractivity contribution in [2.45, 2.75) is 38.5 Å². The molecule has 5 heteroatoms. The van der Waals surface area contributed by atoms with Crippen molar-refractivity contribution in [2.75, 3.05) is 13.1 Å². The molecule has 0 saturated heterocycles. The third-order valence-electron chi connectivity index (χ3n) is 1.98. The van der Waals surface area contributed by atoms with Gasteiger partial charge in [0.1, 0.15) is 0 Å². The van der Waals surface area contributed by atoms with Crippen LogP contribution in [-0.4, -0.2) is 22.8 Å². The molecule has 0 aliphatic heterocycles. The predicted molar refractivity (Wildman–Crippen MR) is 68.8 cm³/mol. The summed E-state index contributed by atoms with van der Waals surface area (Å²) in [5.74, 6) is 0.0873. The van der Waals surface area contributed by atoms with Gasteiger partial charge in [0.2, 0.25) is 5.91 Å². The van der Waals surface area contributed by atoms with Crippen molar-refractivity contribution >= 4 is 32.3 Å². The SMILES string of the molecule is NCCCCC(=O)NCCCCC(=O)I. The maximum Gasteiger partial charge on any atom is 0.219 e. The van der Waals surface area contributed by atoms with E-state index in [1.807, 2.05) is 0 Å². The number of unbranched alkanes of at least 4 members (excludes halogenated alkanes) is 2. The summed E-state index contributed by atoms with van der Waals surface area (Å²) in [7, 11) is 0. The molecule has 1 amide bonds. The molecule has 0 rings (SSSR count). The van der Waals surface area contributed by atoms with Gasteiger partial charge in [-0.25, -0.2) is 0 Å². The van der Waals surface area contributed by atoms with Crippen LogP contribution in [0.2, 0.25) is 0 Å². The van der Waals surface area contributed by atoms with E-state index < -0.39 is 0 Å². The van der Waals surface area contributed by atoms with Gasteiger partial charge in [-0.05, 0) is 54.8 Å². The number of rotatable bonds is 9. The van der Waals surface area contributed by atoms with Crippen molar-refractivity contribution in [3.63, 3.8) is 0 Å². The van der Waals surface area contributed by atoms with Crippen LogP contribution in [0.4, 0.5) is 0 Å². The van der Waals surface area contributed by atoms with Crippen LogP contribution in [0.3, 0.4) is 0 Å². The smallest absolute Gasteiger partial charge is 0.219 e. The van der Waals surface area contributed by atoms with E-state index in [0.717, 1.165) is 25.7 Å². The van der Waals surface area contributed by atoms with Gasteiger partial charge in [0.05, 0.1) is 0 Å². The fourth-order valence-corrected chi connectivity index (χ4v) is 1.52. The Labute approximate surface area is 104 Å². The monoisotopic (exact) mass is 326 g/mol. The molecule has 0 saturated carbocycles. The third-order valence-corrected chi connectivity index (χ3v) is 2.52. The second kappa shape index (κ2) is 10.4. The van der Waals surface area contributed by atoms with Gasteiger partial charge in [-0.15, -0.1) is 0 Å². The van der Waals surface area contributed by atoms with Crippen LogP contribution in [0.15, 0.2) is 0 Å². The van der Waals surface area contributed by atoms with E-state index in [-0.39, 0.29) is 9.70 Å². The Morgan fingerprint density at radius 3 is 2.33 bits per heavy atom. The van der Waals surface area contributed by atoms with Crippen molar-refractivity contribution in [2.24, 2.45) is 5.73 Å². The Balaban J connectivity index is 3.20. The highest BCUT2D eigenvalue weighted by Crippen LogP contribution is 2.00. The average Bonchev–Trinajstić information content (AvgIpc) is 2.17. The van der Waals surface area contributed by atoms with Crippen LogP contribution in [0, 0.1) is 0 Å². The molecule has 4 nitrogen and oxygen atoms in total. The molecule has 0 aromatic heterocycles. The predicted octanol–water partition coefficient (Wildman–Crippen LogP) is 1.36. The third kappa shape index (κ3) is 11.8. The minimum absolute atomic E-state index is 0.0873.